The van der Waals surface area contributed by atoms with Gasteiger partial charge in [-0.2, -0.15) is 13.2 Å². The lowest BCUT2D eigenvalue weighted by atomic mass is 9.73. The number of hydrogen-bond donors (Lipinski definition) is 2. The molecule has 0 aliphatic carbocycles. The summed E-state index contributed by atoms with van der Waals surface area (Å²) in [6, 6.07) is 2.18. The zero-order valence-corrected chi connectivity index (χ0v) is 23.4. The molecule has 0 bridgehead atoms. The molecule has 1 unspecified atom stereocenters. The SMILES string of the molecule is C/C(=C\c1ccc(C(F)(F)F)cn1)[C@@H]1C[C@@H]2O[C@]2(C)CCC[C@H](C)C(O)[C@@H](C)C(=O)C(C)(C)[C@@H](O)CC(=O)O1. The Morgan fingerprint density at radius 3 is 2.41 bits per heavy atom. The Bertz CT molecular complexity index is 1070. The summed E-state index contributed by atoms with van der Waals surface area (Å²) >= 11 is 0. The Balaban J connectivity index is 1.86. The summed E-state index contributed by atoms with van der Waals surface area (Å²) in [6.07, 6.45) is -3.38. The molecular weight excluding hydrogens is 515 g/mol. The predicted molar refractivity (Wildman–Crippen MR) is 138 cm³/mol. The quantitative estimate of drug-likeness (QED) is 0.385. The van der Waals surface area contributed by atoms with Crippen molar-refractivity contribution in [3.8, 4) is 0 Å². The van der Waals surface area contributed by atoms with Crippen molar-refractivity contribution >= 4 is 17.8 Å². The number of nitrogens with zero attached hydrogens (tertiary/aromatic N) is 1. The standard InChI is InChI=1S/C29H40F3NO6/c1-16-8-7-11-28(6)23(39-28)13-21(17(2)12-20-10-9-19(15-33-20)29(30,31)32)38-24(35)14-22(34)27(4,5)26(37)18(3)25(16)36/h9-10,12,15-16,18,21-23,25,34,36H,7-8,11,13-14H2,1-6H3/b17-12+/t16-,18+,21-,22-,23-,25?,28+/m0/s1. The number of aliphatic hydroxyl groups is 2. The summed E-state index contributed by atoms with van der Waals surface area (Å²) in [4.78, 5) is 30.1. The molecule has 2 N–H and O–H groups in total. The van der Waals surface area contributed by atoms with Gasteiger partial charge >= 0.3 is 12.1 Å². The predicted octanol–water partition coefficient (Wildman–Crippen LogP) is 5.13. The first-order valence-electron chi connectivity index (χ1n) is 13.4. The molecule has 0 spiro atoms. The highest BCUT2D eigenvalue weighted by Crippen LogP contribution is 2.45. The van der Waals surface area contributed by atoms with Gasteiger partial charge in [-0.25, -0.2) is 0 Å². The monoisotopic (exact) mass is 555 g/mol. The third-order valence-corrected chi connectivity index (χ3v) is 8.40. The number of esters is 1. The van der Waals surface area contributed by atoms with E-state index in [4.69, 9.17) is 9.47 Å². The minimum atomic E-state index is -4.50. The molecule has 10 heteroatoms. The van der Waals surface area contributed by atoms with Crippen molar-refractivity contribution in [2.24, 2.45) is 17.3 Å². The number of Topliss-reactive ketones (excluding diaryl/α,β-unsaturated/α-hetero) is 1. The first-order valence-corrected chi connectivity index (χ1v) is 13.4. The third kappa shape index (κ3) is 7.46. The first kappa shape index (κ1) is 31.2. The number of rotatable bonds is 2. The van der Waals surface area contributed by atoms with Crippen molar-refractivity contribution in [3.63, 3.8) is 0 Å². The highest BCUT2D eigenvalue weighted by molar-refractivity contribution is 5.88. The van der Waals surface area contributed by atoms with Gasteiger partial charge in [0.15, 0.2) is 0 Å². The van der Waals surface area contributed by atoms with Crippen LogP contribution in [0, 0.1) is 17.3 Å². The first-order chi connectivity index (χ1) is 18.0. The summed E-state index contributed by atoms with van der Waals surface area (Å²) in [7, 11) is 0. The van der Waals surface area contributed by atoms with Gasteiger partial charge in [-0.15, -0.1) is 0 Å². The average molecular weight is 556 g/mol. The van der Waals surface area contributed by atoms with E-state index in [-0.39, 0.29) is 23.5 Å². The molecule has 0 radical (unpaired) electrons. The van der Waals surface area contributed by atoms with Gasteiger partial charge in [0.25, 0.3) is 0 Å². The minimum absolute atomic E-state index is 0.148. The van der Waals surface area contributed by atoms with Crippen LogP contribution in [0.25, 0.3) is 6.08 Å². The number of aromatic nitrogens is 1. The summed E-state index contributed by atoms with van der Waals surface area (Å²) < 4.78 is 50.5. The van der Waals surface area contributed by atoms with Crippen LogP contribution in [-0.2, 0) is 25.2 Å². The van der Waals surface area contributed by atoms with Crippen LogP contribution in [-0.4, -0.2) is 57.0 Å². The van der Waals surface area contributed by atoms with E-state index in [1.165, 1.54) is 6.07 Å². The molecule has 2 fully saturated rings. The minimum Gasteiger partial charge on any atom is -0.458 e. The van der Waals surface area contributed by atoms with Gasteiger partial charge in [0.05, 0.1) is 47.0 Å². The smallest absolute Gasteiger partial charge is 0.417 e. The molecule has 3 heterocycles. The van der Waals surface area contributed by atoms with Crippen molar-refractivity contribution in [1.82, 2.24) is 4.98 Å². The molecular formula is C29H40F3NO6. The maximum atomic E-state index is 13.2. The van der Waals surface area contributed by atoms with Gasteiger partial charge in [0.1, 0.15) is 11.9 Å². The van der Waals surface area contributed by atoms with Crippen molar-refractivity contribution in [2.45, 2.75) is 110 Å². The van der Waals surface area contributed by atoms with Crippen molar-refractivity contribution in [2.75, 3.05) is 0 Å². The van der Waals surface area contributed by atoms with E-state index < -0.39 is 59.4 Å². The number of halogens is 3. The van der Waals surface area contributed by atoms with Crippen LogP contribution in [0.15, 0.2) is 23.9 Å². The molecule has 0 saturated carbocycles. The third-order valence-electron chi connectivity index (χ3n) is 8.40. The Kier molecular flexibility index (Phi) is 9.34. The number of hydrogen-bond acceptors (Lipinski definition) is 7. The maximum Gasteiger partial charge on any atom is 0.417 e. The number of epoxide rings is 1. The van der Waals surface area contributed by atoms with Crippen molar-refractivity contribution in [1.29, 1.82) is 0 Å². The Hall–Kier alpha value is -2.30. The highest BCUT2D eigenvalue weighted by Gasteiger charge is 2.53. The normalized spacial score (nSPS) is 35.2. The van der Waals surface area contributed by atoms with Crippen LogP contribution in [0.4, 0.5) is 13.2 Å². The number of carbonyl (C=O) groups excluding carboxylic acids is 2. The summed E-state index contributed by atoms with van der Waals surface area (Å²) in [6.45, 7) is 10.3. The lowest BCUT2D eigenvalue weighted by molar-refractivity contribution is -0.154. The van der Waals surface area contributed by atoms with Gasteiger partial charge in [-0.3, -0.25) is 14.6 Å². The fraction of sp³-hybridized carbons (Fsp3) is 0.690. The molecule has 2 saturated heterocycles. The molecule has 218 valence electrons. The Morgan fingerprint density at radius 1 is 1.15 bits per heavy atom. The molecule has 7 atom stereocenters. The fourth-order valence-electron chi connectivity index (χ4n) is 5.28. The van der Waals surface area contributed by atoms with Gasteiger partial charge in [-0.1, -0.05) is 34.1 Å². The number of aliphatic hydroxyl groups excluding tert-OH is 2. The van der Waals surface area contributed by atoms with E-state index >= 15 is 0 Å². The van der Waals surface area contributed by atoms with Crippen LogP contribution >= 0.6 is 0 Å². The van der Waals surface area contributed by atoms with E-state index in [1.807, 2.05) is 13.8 Å². The number of alkyl halides is 3. The molecule has 2 aliphatic rings. The second-order valence-corrected chi connectivity index (χ2v) is 11.9. The van der Waals surface area contributed by atoms with Crippen LogP contribution < -0.4 is 0 Å². The summed E-state index contributed by atoms with van der Waals surface area (Å²) in [5.74, 6) is -1.95. The number of pyridine rings is 1. The van der Waals surface area contributed by atoms with Gasteiger partial charge in [0, 0.05) is 18.5 Å². The van der Waals surface area contributed by atoms with Gasteiger partial charge in [0.2, 0.25) is 0 Å². The topological polar surface area (TPSA) is 109 Å². The van der Waals surface area contributed by atoms with Crippen molar-refractivity contribution in [3.05, 3.63) is 35.2 Å². The number of fused-ring (bicyclic) bond motifs is 1. The second kappa shape index (κ2) is 11.7. The fourth-order valence-corrected chi connectivity index (χ4v) is 5.28. The zero-order chi connectivity index (χ0) is 29.3. The van der Waals surface area contributed by atoms with Crippen LogP contribution in [0.2, 0.25) is 0 Å². The average Bonchev–Trinajstić information content (AvgIpc) is 3.49. The van der Waals surface area contributed by atoms with Gasteiger partial charge in [-0.05, 0) is 56.4 Å². The molecule has 1 aromatic heterocycles. The van der Waals surface area contributed by atoms with E-state index in [1.54, 1.807) is 33.8 Å². The summed E-state index contributed by atoms with van der Waals surface area (Å²) in [5.41, 5.74) is -1.78. The molecule has 2 aliphatic heterocycles. The van der Waals surface area contributed by atoms with E-state index in [2.05, 4.69) is 4.98 Å². The van der Waals surface area contributed by atoms with Crippen LogP contribution in [0.5, 0.6) is 0 Å². The second-order valence-electron chi connectivity index (χ2n) is 11.9. The van der Waals surface area contributed by atoms with Crippen LogP contribution in [0.3, 0.4) is 0 Å². The number of carbonyl (C=O) groups is 2. The molecule has 0 aromatic carbocycles. The van der Waals surface area contributed by atoms with E-state index in [0.29, 0.717) is 24.8 Å². The van der Waals surface area contributed by atoms with Crippen molar-refractivity contribution < 1.29 is 42.4 Å². The number of ether oxygens (including phenoxy) is 2. The number of ketones is 1. The van der Waals surface area contributed by atoms with Crippen LogP contribution in [0.1, 0.15) is 84.9 Å². The van der Waals surface area contributed by atoms with E-state index in [9.17, 15) is 33.0 Å². The molecule has 0 amide bonds. The largest absolute Gasteiger partial charge is 0.458 e. The van der Waals surface area contributed by atoms with E-state index in [0.717, 1.165) is 18.7 Å². The summed E-state index contributed by atoms with van der Waals surface area (Å²) in [5, 5.41) is 21.7. The number of cyclic esters (lactones) is 1. The molecule has 7 nitrogen and oxygen atoms in total. The Morgan fingerprint density at radius 2 is 1.82 bits per heavy atom. The molecule has 1 aromatic rings. The van der Waals surface area contributed by atoms with Gasteiger partial charge < -0.3 is 19.7 Å². The maximum absolute atomic E-state index is 13.2. The highest BCUT2D eigenvalue weighted by atomic mass is 19.4. The zero-order valence-electron chi connectivity index (χ0n) is 23.4. The Labute approximate surface area is 227 Å². The lowest BCUT2D eigenvalue weighted by Gasteiger charge is -2.34. The molecule has 3 rings (SSSR count). The lowest BCUT2D eigenvalue weighted by Crippen LogP contribution is -2.45. The molecule has 39 heavy (non-hydrogen) atoms.